The van der Waals surface area contributed by atoms with Gasteiger partial charge in [0.25, 0.3) is 0 Å². The second-order valence-electron chi connectivity index (χ2n) is 2.98. The minimum atomic E-state index is -0.636. The molecule has 1 aliphatic rings. The van der Waals surface area contributed by atoms with Crippen molar-refractivity contribution in [3.63, 3.8) is 0 Å². The molecular formula is C10H8NO3-. The molecule has 1 atom stereocenters. The van der Waals surface area contributed by atoms with Gasteiger partial charge in [-0.3, -0.25) is 0 Å². The van der Waals surface area contributed by atoms with E-state index in [4.69, 9.17) is 4.74 Å². The largest absolute Gasteiger partial charge is 0.577 e. The van der Waals surface area contributed by atoms with E-state index < -0.39 is 6.10 Å². The Morgan fingerprint density at radius 2 is 2.29 bits per heavy atom. The summed E-state index contributed by atoms with van der Waals surface area (Å²) in [4.78, 5) is 14.4. The van der Waals surface area contributed by atoms with Crippen LogP contribution in [0.4, 0.5) is 0 Å². The average molecular weight is 190 g/mol. The number of carbonyl (C=O) groups is 1. The van der Waals surface area contributed by atoms with E-state index in [0.717, 1.165) is 0 Å². The van der Waals surface area contributed by atoms with Crippen LogP contribution in [0.25, 0.3) is 0 Å². The number of rotatable bonds is 2. The molecule has 0 saturated heterocycles. The predicted molar refractivity (Wildman–Crippen MR) is 49.1 cm³/mol. The second kappa shape index (κ2) is 3.49. The van der Waals surface area contributed by atoms with E-state index in [2.05, 4.69) is 11.4 Å². The molecule has 1 aromatic carbocycles. The number of hydrogen-bond acceptors (Lipinski definition) is 3. The van der Waals surface area contributed by atoms with Crippen LogP contribution in [-0.4, -0.2) is 23.5 Å². The summed E-state index contributed by atoms with van der Waals surface area (Å²) in [5.74, 6) is -0.191. The molecule has 0 saturated carbocycles. The van der Waals surface area contributed by atoms with Gasteiger partial charge in [0, 0.05) is 12.8 Å². The summed E-state index contributed by atoms with van der Waals surface area (Å²) in [5.41, 5.74) is 0.671. The molecule has 0 aromatic heterocycles. The van der Waals surface area contributed by atoms with Gasteiger partial charge in [0.15, 0.2) is 0 Å². The zero-order valence-corrected chi connectivity index (χ0v) is 7.30. The Hall–Kier alpha value is -1.84. The Morgan fingerprint density at radius 1 is 1.50 bits per heavy atom. The Kier molecular flexibility index (Phi) is 2.18. The Bertz CT molecular complexity index is 387. The summed E-state index contributed by atoms with van der Waals surface area (Å²) >= 11 is 0. The Labute approximate surface area is 80.8 Å². The summed E-state index contributed by atoms with van der Waals surface area (Å²) in [5, 5.41) is 9.44. The molecule has 1 unspecified atom stereocenters. The van der Waals surface area contributed by atoms with E-state index in [-0.39, 0.29) is 11.7 Å². The molecule has 1 heterocycles. The number of amides is 1. The van der Waals surface area contributed by atoms with E-state index >= 15 is 0 Å². The van der Waals surface area contributed by atoms with Crippen molar-refractivity contribution in [2.24, 2.45) is 4.99 Å². The minimum Gasteiger partial charge on any atom is -0.577 e. The van der Waals surface area contributed by atoms with Gasteiger partial charge in [0.2, 0.25) is 0 Å². The fraction of sp³-hybridized carbons (Fsp3) is 0.200. The third kappa shape index (κ3) is 1.59. The van der Waals surface area contributed by atoms with E-state index in [1.807, 2.05) is 0 Å². The van der Waals surface area contributed by atoms with E-state index in [1.165, 1.54) is 0 Å². The zero-order chi connectivity index (χ0) is 9.97. The van der Waals surface area contributed by atoms with Crippen LogP contribution < -0.4 is 0 Å². The van der Waals surface area contributed by atoms with Crippen LogP contribution in [0, 0.1) is 0 Å². The fourth-order valence-electron chi connectivity index (χ4n) is 1.27. The molecule has 0 radical (unpaired) electrons. The van der Waals surface area contributed by atoms with Gasteiger partial charge < -0.3 is 19.6 Å². The second-order valence-corrected chi connectivity index (χ2v) is 2.98. The number of nitrogens with zero attached hydrogens (tertiary/aromatic N) is 1. The highest BCUT2D eigenvalue weighted by atomic mass is 16.5. The number of aromatic hydroxyl groups is 1. The topological polar surface area (TPSA) is 58.9 Å². The SMILES string of the molecule is O=C1N=[C-]OC1Cc1ccccc1O. The van der Waals surface area contributed by atoms with E-state index in [1.54, 1.807) is 24.3 Å². The lowest BCUT2D eigenvalue weighted by Gasteiger charge is -2.14. The molecule has 1 aliphatic heterocycles. The van der Waals surface area contributed by atoms with Crippen molar-refractivity contribution < 1.29 is 14.6 Å². The van der Waals surface area contributed by atoms with Crippen molar-refractivity contribution in [1.29, 1.82) is 0 Å². The normalized spacial score (nSPS) is 19.7. The number of aliphatic imine (C=N–C) groups is 1. The number of hydrogen-bond donors (Lipinski definition) is 1. The highest BCUT2D eigenvalue weighted by molar-refractivity contribution is 5.91. The van der Waals surface area contributed by atoms with Crippen molar-refractivity contribution in [3.8, 4) is 5.75 Å². The van der Waals surface area contributed by atoms with Gasteiger partial charge in [-0.15, -0.1) is 0 Å². The molecular weight excluding hydrogens is 182 g/mol. The monoisotopic (exact) mass is 190 g/mol. The third-order valence-electron chi connectivity index (χ3n) is 2.02. The molecule has 0 fully saturated rings. The predicted octanol–water partition coefficient (Wildman–Crippen LogP) is 0.765. The first kappa shape index (κ1) is 8.74. The first-order chi connectivity index (χ1) is 6.77. The van der Waals surface area contributed by atoms with Gasteiger partial charge in [-0.05, 0) is 11.6 Å². The van der Waals surface area contributed by atoms with Crippen LogP contribution in [0.2, 0.25) is 0 Å². The van der Waals surface area contributed by atoms with Gasteiger partial charge in [0.05, 0.1) is 6.10 Å². The summed E-state index contributed by atoms with van der Waals surface area (Å²) < 4.78 is 4.85. The lowest BCUT2D eigenvalue weighted by molar-refractivity contribution is -0.122. The maximum Gasteiger partial charge on any atom is 0.128 e. The zero-order valence-electron chi connectivity index (χ0n) is 7.30. The Morgan fingerprint density at radius 3 is 2.93 bits per heavy atom. The quantitative estimate of drug-likeness (QED) is 0.700. The molecule has 0 aliphatic carbocycles. The van der Waals surface area contributed by atoms with Crippen LogP contribution in [-0.2, 0) is 16.0 Å². The van der Waals surface area contributed by atoms with Crippen LogP contribution in [0.15, 0.2) is 29.3 Å². The molecule has 4 heteroatoms. The van der Waals surface area contributed by atoms with Crippen LogP contribution in [0.1, 0.15) is 5.56 Å². The third-order valence-corrected chi connectivity index (χ3v) is 2.02. The van der Waals surface area contributed by atoms with Crippen molar-refractivity contribution in [2.45, 2.75) is 12.5 Å². The molecule has 4 nitrogen and oxygen atoms in total. The molecule has 0 spiro atoms. The van der Waals surface area contributed by atoms with Crippen LogP contribution >= 0.6 is 0 Å². The van der Waals surface area contributed by atoms with Gasteiger partial charge in [-0.1, -0.05) is 18.2 Å². The van der Waals surface area contributed by atoms with Gasteiger partial charge >= 0.3 is 0 Å². The molecule has 1 aromatic rings. The maximum atomic E-state index is 11.1. The lowest BCUT2D eigenvalue weighted by atomic mass is 10.1. The van der Waals surface area contributed by atoms with Crippen molar-refractivity contribution in [2.75, 3.05) is 0 Å². The Balaban J connectivity index is 2.12. The lowest BCUT2D eigenvalue weighted by Crippen LogP contribution is -2.19. The number of phenolic OH excluding ortho intramolecular Hbond substituents is 1. The first-order valence-electron chi connectivity index (χ1n) is 4.19. The van der Waals surface area contributed by atoms with Gasteiger partial charge in [-0.2, -0.15) is 0 Å². The highest BCUT2D eigenvalue weighted by Crippen LogP contribution is 2.19. The molecule has 2 rings (SSSR count). The standard InChI is InChI=1S/C10H8NO3/c12-8-4-2-1-3-7(8)5-9-10(13)11-6-14-9/h1-4,9,12H,5H2/q-1. The van der Waals surface area contributed by atoms with Crippen LogP contribution in [0.5, 0.6) is 5.75 Å². The molecule has 72 valence electrons. The number of phenols is 1. The summed E-state index contributed by atoms with van der Waals surface area (Å²) in [7, 11) is 0. The van der Waals surface area contributed by atoms with Gasteiger partial charge in [-0.25, -0.2) is 0 Å². The maximum absolute atomic E-state index is 11.1. The van der Waals surface area contributed by atoms with Gasteiger partial charge in [0.1, 0.15) is 11.7 Å². The van der Waals surface area contributed by atoms with Crippen molar-refractivity contribution in [3.05, 3.63) is 29.8 Å². The van der Waals surface area contributed by atoms with E-state index in [9.17, 15) is 9.90 Å². The molecule has 1 amide bonds. The summed E-state index contributed by atoms with van der Waals surface area (Å²) in [6, 6.07) is 6.82. The van der Waals surface area contributed by atoms with Crippen molar-refractivity contribution in [1.82, 2.24) is 0 Å². The summed E-state index contributed by atoms with van der Waals surface area (Å²) in [6.45, 7) is 0. The smallest absolute Gasteiger partial charge is 0.128 e. The average Bonchev–Trinajstić information content (AvgIpc) is 2.56. The minimum absolute atomic E-state index is 0.163. The number of ether oxygens (including phenoxy) is 1. The molecule has 14 heavy (non-hydrogen) atoms. The molecule has 1 N–H and O–H groups in total. The number of benzene rings is 1. The molecule has 0 bridgehead atoms. The number of para-hydroxylation sites is 1. The number of carbonyl (C=O) groups excluding carboxylic acids is 1. The highest BCUT2D eigenvalue weighted by Gasteiger charge is 2.15. The van der Waals surface area contributed by atoms with Crippen molar-refractivity contribution >= 4 is 12.3 Å². The van der Waals surface area contributed by atoms with E-state index in [0.29, 0.717) is 12.0 Å². The fourth-order valence-corrected chi connectivity index (χ4v) is 1.27. The first-order valence-corrected chi connectivity index (χ1v) is 4.19. The summed E-state index contributed by atoms with van der Waals surface area (Å²) in [6.07, 6.45) is 1.84. The van der Waals surface area contributed by atoms with Crippen LogP contribution in [0.3, 0.4) is 0 Å².